The smallest absolute Gasteiger partial charge is 0.120 e. The topological polar surface area (TPSA) is 43.3 Å². The quantitative estimate of drug-likeness (QED) is 0.0921. The van der Waals surface area contributed by atoms with Gasteiger partial charge in [-0.05, 0) is 74.2 Å². The second-order valence-corrected chi connectivity index (χ2v) is 11.9. The standard InChI is InChI=1S/C35H44Cl2N2O3/c1-3-4-5-9-12-32(42-25-27-10-7-6-8-11-27)24-39-21-19-28(20-22-39)26-41-31-17-18-33(34(37)23-31)35(38-40-2)29-13-15-30(36)16-14-29/h6-8,10-11,13-18,23,28,32H,3-5,9,12,19-22,24-26H2,1-2H3/b38-35+/t32-/m1/s1. The molecule has 0 aliphatic carbocycles. The van der Waals surface area contributed by atoms with Crippen molar-refractivity contribution >= 4 is 28.9 Å². The first kappa shape index (κ1) is 32.3. The highest BCUT2D eigenvalue weighted by Gasteiger charge is 2.23. The number of ether oxygens (including phenoxy) is 2. The minimum absolute atomic E-state index is 0.273. The van der Waals surface area contributed by atoms with Gasteiger partial charge in [-0.3, -0.25) is 0 Å². The Bertz CT molecular complexity index is 1230. The maximum Gasteiger partial charge on any atom is 0.120 e. The molecule has 42 heavy (non-hydrogen) atoms. The Labute approximate surface area is 261 Å². The molecular weight excluding hydrogens is 567 g/mol. The summed E-state index contributed by atoms with van der Waals surface area (Å²) in [7, 11) is 1.53. The average Bonchev–Trinajstić information content (AvgIpc) is 3.01. The first-order valence-corrected chi connectivity index (χ1v) is 16.0. The molecule has 3 aromatic carbocycles. The first-order chi connectivity index (χ1) is 20.6. The largest absolute Gasteiger partial charge is 0.493 e. The van der Waals surface area contributed by atoms with Crippen molar-refractivity contribution in [2.24, 2.45) is 11.1 Å². The Morgan fingerprint density at radius 2 is 1.71 bits per heavy atom. The van der Waals surface area contributed by atoms with Crippen LogP contribution < -0.4 is 4.74 Å². The van der Waals surface area contributed by atoms with Gasteiger partial charge in [0, 0.05) is 22.7 Å². The van der Waals surface area contributed by atoms with Gasteiger partial charge in [0.25, 0.3) is 0 Å². The third-order valence-corrected chi connectivity index (χ3v) is 8.42. The Balaban J connectivity index is 1.26. The maximum atomic E-state index is 6.69. The van der Waals surface area contributed by atoms with Crippen molar-refractivity contribution in [2.75, 3.05) is 33.4 Å². The first-order valence-electron chi connectivity index (χ1n) is 15.2. The minimum Gasteiger partial charge on any atom is -0.493 e. The molecule has 1 saturated heterocycles. The van der Waals surface area contributed by atoms with Crippen LogP contribution in [0.4, 0.5) is 0 Å². The van der Waals surface area contributed by atoms with E-state index in [1.165, 1.54) is 38.4 Å². The van der Waals surface area contributed by atoms with Gasteiger partial charge in [-0.15, -0.1) is 0 Å². The number of halogens is 2. The number of unbranched alkanes of at least 4 members (excludes halogenated alkanes) is 3. The summed E-state index contributed by atoms with van der Waals surface area (Å²) >= 11 is 12.7. The summed E-state index contributed by atoms with van der Waals surface area (Å²) < 4.78 is 12.6. The number of nitrogens with zero attached hydrogens (tertiary/aromatic N) is 2. The molecule has 1 aliphatic rings. The van der Waals surface area contributed by atoms with Crippen LogP contribution in [0.1, 0.15) is 68.6 Å². The van der Waals surface area contributed by atoms with E-state index in [-0.39, 0.29) is 6.10 Å². The van der Waals surface area contributed by atoms with E-state index in [4.69, 9.17) is 37.5 Å². The van der Waals surface area contributed by atoms with Crippen LogP contribution in [0.5, 0.6) is 5.75 Å². The van der Waals surface area contributed by atoms with Gasteiger partial charge in [-0.2, -0.15) is 0 Å². The summed E-state index contributed by atoms with van der Waals surface area (Å²) in [5.74, 6) is 1.29. The van der Waals surface area contributed by atoms with Gasteiger partial charge in [-0.25, -0.2) is 0 Å². The lowest BCUT2D eigenvalue weighted by Gasteiger charge is -2.34. The van der Waals surface area contributed by atoms with Gasteiger partial charge in [0.2, 0.25) is 0 Å². The number of rotatable bonds is 16. The number of hydrogen-bond donors (Lipinski definition) is 0. The molecule has 0 radical (unpaired) electrons. The van der Waals surface area contributed by atoms with Crippen LogP contribution in [-0.4, -0.2) is 50.1 Å². The second kappa shape index (κ2) is 17.5. The van der Waals surface area contributed by atoms with E-state index in [0.29, 0.717) is 34.9 Å². The van der Waals surface area contributed by atoms with Crippen LogP contribution in [0.15, 0.2) is 78.0 Å². The minimum atomic E-state index is 0.273. The fourth-order valence-corrected chi connectivity index (χ4v) is 5.77. The lowest BCUT2D eigenvalue weighted by Crippen LogP contribution is -2.40. The van der Waals surface area contributed by atoms with Crippen molar-refractivity contribution in [3.8, 4) is 5.75 Å². The Kier molecular flexibility index (Phi) is 13.5. The van der Waals surface area contributed by atoms with E-state index in [9.17, 15) is 0 Å². The number of oxime groups is 1. The number of benzene rings is 3. The monoisotopic (exact) mass is 610 g/mol. The van der Waals surface area contributed by atoms with Crippen molar-refractivity contribution in [3.05, 3.63) is 99.5 Å². The molecule has 7 heteroatoms. The number of hydrogen-bond acceptors (Lipinski definition) is 5. The lowest BCUT2D eigenvalue weighted by atomic mass is 9.97. The van der Waals surface area contributed by atoms with Crippen LogP contribution in [0, 0.1) is 5.92 Å². The molecule has 0 N–H and O–H groups in total. The third-order valence-electron chi connectivity index (χ3n) is 7.86. The molecule has 0 saturated carbocycles. The van der Waals surface area contributed by atoms with Crippen molar-refractivity contribution in [3.63, 3.8) is 0 Å². The van der Waals surface area contributed by atoms with Gasteiger partial charge < -0.3 is 19.2 Å². The van der Waals surface area contributed by atoms with E-state index in [0.717, 1.165) is 55.8 Å². The van der Waals surface area contributed by atoms with Gasteiger partial charge in [-0.1, -0.05) is 103 Å². The molecule has 0 bridgehead atoms. The summed E-state index contributed by atoms with van der Waals surface area (Å²) in [6, 6.07) is 23.7. The molecule has 1 fully saturated rings. The zero-order valence-corrected chi connectivity index (χ0v) is 26.5. The third kappa shape index (κ3) is 10.3. The molecule has 226 valence electrons. The Hall–Kier alpha value is -2.57. The van der Waals surface area contributed by atoms with E-state index in [2.05, 4.69) is 47.3 Å². The van der Waals surface area contributed by atoms with Crippen molar-refractivity contribution in [1.29, 1.82) is 0 Å². The van der Waals surface area contributed by atoms with E-state index < -0.39 is 0 Å². The normalized spacial score (nSPS) is 15.5. The molecule has 0 spiro atoms. The van der Waals surface area contributed by atoms with Gasteiger partial charge >= 0.3 is 0 Å². The highest BCUT2D eigenvalue weighted by molar-refractivity contribution is 6.35. The molecule has 3 aromatic rings. The van der Waals surface area contributed by atoms with Crippen LogP contribution in [0.2, 0.25) is 10.0 Å². The fraction of sp³-hybridized carbons (Fsp3) is 0.457. The fourth-order valence-electron chi connectivity index (χ4n) is 5.39. The van der Waals surface area contributed by atoms with Crippen LogP contribution in [0.25, 0.3) is 0 Å². The van der Waals surface area contributed by atoms with Crippen molar-refractivity contribution in [1.82, 2.24) is 4.90 Å². The van der Waals surface area contributed by atoms with E-state index in [1.807, 2.05) is 42.5 Å². The molecule has 0 aromatic heterocycles. The van der Waals surface area contributed by atoms with Crippen LogP contribution in [-0.2, 0) is 16.2 Å². The van der Waals surface area contributed by atoms with E-state index >= 15 is 0 Å². The van der Waals surface area contributed by atoms with Gasteiger partial charge in [0.15, 0.2) is 0 Å². The molecule has 4 rings (SSSR count). The molecule has 0 amide bonds. The Morgan fingerprint density at radius 1 is 0.952 bits per heavy atom. The van der Waals surface area contributed by atoms with Crippen molar-refractivity contribution < 1.29 is 14.3 Å². The van der Waals surface area contributed by atoms with Crippen LogP contribution in [0.3, 0.4) is 0 Å². The van der Waals surface area contributed by atoms with Crippen LogP contribution >= 0.6 is 23.2 Å². The molecule has 0 unspecified atom stereocenters. The predicted molar refractivity (Wildman–Crippen MR) is 174 cm³/mol. The summed E-state index contributed by atoms with van der Waals surface area (Å²) in [6.07, 6.45) is 8.72. The van der Waals surface area contributed by atoms with E-state index in [1.54, 1.807) is 0 Å². The molecular formula is C35H44Cl2N2O3. The zero-order chi connectivity index (χ0) is 29.6. The van der Waals surface area contributed by atoms with Crippen molar-refractivity contribution in [2.45, 2.75) is 64.6 Å². The number of likely N-dealkylation sites (tertiary alicyclic amines) is 1. The summed E-state index contributed by atoms with van der Waals surface area (Å²) in [4.78, 5) is 7.68. The van der Waals surface area contributed by atoms with Gasteiger partial charge in [0.05, 0.1) is 24.3 Å². The second-order valence-electron chi connectivity index (χ2n) is 11.1. The van der Waals surface area contributed by atoms with Gasteiger partial charge in [0.1, 0.15) is 18.6 Å². The maximum absolute atomic E-state index is 6.69. The zero-order valence-electron chi connectivity index (χ0n) is 24.9. The molecule has 5 nitrogen and oxygen atoms in total. The highest BCUT2D eigenvalue weighted by Crippen LogP contribution is 2.28. The molecule has 1 aliphatic heterocycles. The molecule has 1 atom stereocenters. The number of piperidine rings is 1. The Morgan fingerprint density at radius 3 is 2.40 bits per heavy atom. The predicted octanol–water partition coefficient (Wildman–Crippen LogP) is 9.04. The highest BCUT2D eigenvalue weighted by atomic mass is 35.5. The average molecular weight is 612 g/mol. The molecule has 1 heterocycles. The summed E-state index contributed by atoms with van der Waals surface area (Å²) in [6.45, 7) is 6.78. The summed E-state index contributed by atoms with van der Waals surface area (Å²) in [5, 5.41) is 5.44. The lowest BCUT2D eigenvalue weighted by molar-refractivity contribution is 0.000485. The summed E-state index contributed by atoms with van der Waals surface area (Å²) in [5.41, 5.74) is 3.54. The SMILES string of the molecule is CCCCCC[C@H](CN1CCC(COc2ccc(/C(=N/OC)c3ccc(Cl)cc3)c(Cl)c2)CC1)OCc1ccccc1.